The Morgan fingerprint density at radius 2 is 2.22 bits per heavy atom. The molecule has 2 aromatic rings. The third kappa shape index (κ3) is 3.21. The van der Waals surface area contributed by atoms with Crippen molar-refractivity contribution in [3.8, 4) is 11.5 Å². The summed E-state index contributed by atoms with van der Waals surface area (Å²) in [6.45, 7) is 3.33. The van der Waals surface area contributed by atoms with Crippen molar-refractivity contribution in [1.29, 1.82) is 0 Å². The molecule has 1 aromatic carbocycles. The Balaban J connectivity index is 1.93. The summed E-state index contributed by atoms with van der Waals surface area (Å²) >= 11 is 1.67. The van der Waals surface area contributed by atoms with E-state index in [1.807, 2.05) is 19.2 Å². The van der Waals surface area contributed by atoms with Crippen LogP contribution in [0, 0.1) is 6.92 Å². The third-order valence-corrected chi connectivity index (χ3v) is 3.46. The second-order valence-corrected chi connectivity index (χ2v) is 5.28. The zero-order valence-corrected chi connectivity index (χ0v) is 11.3. The van der Waals surface area contributed by atoms with E-state index in [0.29, 0.717) is 13.1 Å². The standard InChI is InChI=1S/C13H16N2O2S/c1-9-6-15-13(18-9)8-14-7-10-5-11(17-2)3-4-12(10)16/h3-6,14,16H,7-8H2,1-2H3. The van der Waals surface area contributed by atoms with Crippen LogP contribution in [0.15, 0.2) is 24.4 Å². The largest absolute Gasteiger partial charge is 0.508 e. The second-order valence-electron chi connectivity index (χ2n) is 3.96. The number of hydrogen-bond acceptors (Lipinski definition) is 5. The molecular weight excluding hydrogens is 248 g/mol. The van der Waals surface area contributed by atoms with E-state index in [2.05, 4.69) is 10.3 Å². The number of phenolic OH excluding ortho intramolecular Hbond substituents is 1. The van der Waals surface area contributed by atoms with Crippen molar-refractivity contribution >= 4 is 11.3 Å². The zero-order chi connectivity index (χ0) is 13.0. The van der Waals surface area contributed by atoms with Gasteiger partial charge in [-0.25, -0.2) is 4.98 Å². The van der Waals surface area contributed by atoms with Crippen molar-refractivity contribution in [2.75, 3.05) is 7.11 Å². The van der Waals surface area contributed by atoms with Gasteiger partial charge in [-0.2, -0.15) is 0 Å². The normalized spacial score (nSPS) is 10.6. The number of rotatable bonds is 5. The van der Waals surface area contributed by atoms with Crippen LogP contribution in [0.25, 0.3) is 0 Å². The number of ether oxygens (including phenoxy) is 1. The van der Waals surface area contributed by atoms with E-state index in [1.165, 1.54) is 4.88 Å². The van der Waals surface area contributed by atoms with Crippen LogP contribution in [0.5, 0.6) is 11.5 Å². The number of nitrogens with zero attached hydrogens (tertiary/aromatic N) is 1. The van der Waals surface area contributed by atoms with Gasteiger partial charge in [0, 0.05) is 29.7 Å². The molecule has 0 aliphatic carbocycles. The maximum absolute atomic E-state index is 9.72. The van der Waals surface area contributed by atoms with Crippen LogP contribution in [0.1, 0.15) is 15.4 Å². The number of methoxy groups -OCH3 is 1. The summed E-state index contributed by atoms with van der Waals surface area (Å²) in [4.78, 5) is 5.48. The molecule has 18 heavy (non-hydrogen) atoms. The molecule has 4 nitrogen and oxygen atoms in total. The lowest BCUT2D eigenvalue weighted by Gasteiger charge is -2.07. The number of benzene rings is 1. The predicted octanol–water partition coefficient (Wildman–Crippen LogP) is 2.46. The average molecular weight is 264 g/mol. The number of phenols is 1. The first-order valence-electron chi connectivity index (χ1n) is 5.67. The lowest BCUT2D eigenvalue weighted by atomic mass is 10.2. The van der Waals surface area contributed by atoms with Crippen LogP contribution in [0.3, 0.4) is 0 Å². The van der Waals surface area contributed by atoms with Crippen LogP contribution < -0.4 is 10.1 Å². The minimum atomic E-state index is 0.276. The van der Waals surface area contributed by atoms with Gasteiger partial charge in [0.1, 0.15) is 16.5 Å². The molecule has 0 aliphatic heterocycles. The van der Waals surface area contributed by atoms with Crippen molar-refractivity contribution in [3.63, 3.8) is 0 Å². The minimum absolute atomic E-state index is 0.276. The molecule has 0 radical (unpaired) electrons. The van der Waals surface area contributed by atoms with Gasteiger partial charge in [-0.05, 0) is 25.1 Å². The number of hydrogen-bond donors (Lipinski definition) is 2. The first-order chi connectivity index (χ1) is 8.69. The molecule has 0 fully saturated rings. The molecule has 2 N–H and O–H groups in total. The second kappa shape index (κ2) is 5.84. The molecule has 0 spiro atoms. The quantitative estimate of drug-likeness (QED) is 0.871. The average Bonchev–Trinajstić information content (AvgIpc) is 2.77. The molecule has 5 heteroatoms. The van der Waals surface area contributed by atoms with Gasteiger partial charge >= 0.3 is 0 Å². The fourth-order valence-corrected chi connectivity index (χ4v) is 2.37. The van der Waals surface area contributed by atoms with Crippen LogP contribution in [-0.2, 0) is 13.1 Å². The molecule has 0 atom stereocenters. The highest BCUT2D eigenvalue weighted by molar-refractivity contribution is 7.11. The fourth-order valence-electron chi connectivity index (χ4n) is 1.62. The number of aromatic nitrogens is 1. The van der Waals surface area contributed by atoms with E-state index in [9.17, 15) is 5.11 Å². The Hall–Kier alpha value is -1.59. The van der Waals surface area contributed by atoms with E-state index >= 15 is 0 Å². The SMILES string of the molecule is COc1ccc(O)c(CNCc2ncc(C)s2)c1. The summed E-state index contributed by atoms with van der Waals surface area (Å²) in [5.74, 6) is 1.02. The third-order valence-electron chi connectivity index (χ3n) is 2.55. The molecule has 96 valence electrons. The van der Waals surface area contributed by atoms with E-state index in [-0.39, 0.29) is 5.75 Å². The Kier molecular flexibility index (Phi) is 4.17. The highest BCUT2D eigenvalue weighted by Crippen LogP contribution is 2.22. The maximum Gasteiger partial charge on any atom is 0.120 e. The summed E-state index contributed by atoms with van der Waals surface area (Å²) in [6.07, 6.45) is 1.87. The smallest absolute Gasteiger partial charge is 0.120 e. The van der Waals surface area contributed by atoms with E-state index in [0.717, 1.165) is 16.3 Å². The molecule has 2 rings (SSSR count). The summed E-state index contributed by atoms with van der Waals surface area (Å²) in [7, 11) is 1.61. The molecule has 1 heterocycles. The predicted molar refractivity (Wildman–Crippen MR) is 72.1 cm³/mol. The lowest BCUT2D eigenvalue weighted by molar-refractivity contribution is 0.410. The van der Waals surface area contributed by atoms with E-state index in [1.54, 1.807) is 30.6 Å². The van der Waals surface area contributed by atoms with Crippen LogP contribution in [-0.4, -0.2) is 17.2 Å². The van der Waals surface area contributed by atoms with Crippen molar-refractivity contribution < 1.29 is 9.84 Å². The maximum atomic E-state index is 9.72. The fraction of sp³-hybridized carbons (Fsp3) is 0.308. The van der Waals surface area contributed by atoms with Crippen LogP contribution in [0.4, 0.5) is 0 Å². The van der Waals surface area contributed by atoms with Gasteiger partial charge in [-0.3, -0.25) is 0 Å². The summed E-state index contributed by atoms with van der Waals surface area (Å²) < 4.78 is 5.13. The van der Waals surface area contributed by atoms with Crippen LogP contribution in [0.2, 0.25) is 0 Å². The highest BCUT2D eigenvalue weighted by atomic mass is 32.1. The van der Waals surface area contributed by atoms with Gasteiger partial charge in [-0.1, -0.05) is 0 Å². The molecule has 0 amide bonds. The summed E-state index contributed by atoms with van der Waals surface area (Å²) in [6, 6.07) is 5.21. The number of nitrogens with one attached hydrogen (secondary N) is 1. The molecule has 0 aliphatic rings. The van der Waals surface area contributed by atoms with Crippen LogP contribution >= 0.6 is 11.3 Å². The lowest BCUT2D eigenvalue weighted by Crippen LogP contribution is -2.12. The number of aryl methyl sites for hydroxylation is 1. The Morgan fingerprint density at radius 1 is 1.39 bits per heavy atom. The zero-order valence-electron chi connectivity index (χ0n) is 10.4. The summed E-state index contributed by atoms with van der Waals surface area (Å²) in [5.41, 5.74) is 0.822. The van der Waals surface area contributed by atoms with Crippen molar-refractivity contribution in [1.82, 2.24) is 10.3 Å². The van der Waals surface area contributed by atoms with Crippen molar-refractivity contribution in [2.24, 2.45) is 0 Å². The van der Waals surface area contributed by atoms with E-state index < -0.39 is 0 Å². The van der Waals surface area contributed by atoms with Gasteiger partial charge in [0.25, 0.3) is 0 Å². The molecule has 0 unspecified atom stereocenters. The van der Waals surface area contributed by atoms with Gasteiger partial charge in [-0.15, -0.1) is 11.3 Å². The van der Waals surface area contributed by atoms with Crippen molar-refractivity contribution in [2.45, 2.75) is 20.0 Å². The van der Waals surface area contributed by atoms with Crippen molar-refractivity contribution in [3.05, 3.63) is 39.8 Å². The Morgan fingerprint density at radius 3 is 2.89 bits per heavy atom. The Bertz CT molecular complexity index is 525. The molecule has 0 bridgehead atoms. The van der Waals surface area contributed by atoms with Gasteiger partial charge in [0.05, 0.1) is 7.11 Å². The van der Waals surface area contributed by atoms with Gasteiger partial charge in [0.15, 0.2) is 0 Å². The molecule has 1 aromatic heterocycles. The molecule has 0 saturated carbocycles. The molecular formula is C13H16N2O2S. The highest BCUT2D eigenvalue weighted by Gasteiger charge is 2.04. The molecule has 0 saturated heterocycles. The first-order valence-corrected chi connectivity index (χ1v) is 6.48. The van der Waals surface area contributed by atoms with E-state index in [4.69, 9.17) is 4.74 Å². The Labute approximate surface area is 110 Å². The monoisotopic (exact) mass is 264 g/mol. The number of thiazole rings is 1. The number of aromatic hydroxyl groups is 1. The topological polar surface area (TPSA) is 54.4 Å². The first kappa shape index (κ1) is 12.9. The summed E-state index contributed by atoms with van der Waals surface area (Å²) in [5, 5.41) is 14.0. The van der Waals surface area contributed by atoms with Gasteiger partial charge in [0.2, 0.25) is 0 Å². The minimum Gasteiger partial charge on any atom is -0.508 e. The van der Waals surface area contributed by atoms with Gasteiger partial charge < -0.3 is 15.2 Å².